The van der Waals surface area contributed by atoms with Crippen LogP contribution in [0.1, 0.15) is 52.9 Å². The molecule has 8 atom stereocenters. The molecule has 0 bridgehead atoms. The van der Waals surface area contributed by atoms with Crippen LogP contribution in [-0.4, -0.2) is 76.6 Å². The van der Waals surface area contributed by atoms with Gasteiger partial charge in [-0.3, -0.25) is 0 Å². The summed E-state index contributed by atoms with van der Waals surface area (Å²) in [6, 6.07) is 8.50. The third-order valence-corrected chi connectivity index (χ3v) is 9.85. The van der Waals surface area contributed by atoms with Crippen molar-refractivity contribution in [3.05, 3.63) is 42.5 Å². The van der Waals surface area contributed by atoms with Gasteiger partial charge in [-0.1, -0.05) is 31.7 Å². The lowest BCUT2D eigenvalue weighted by atomic mass is 9.83. The zero-order valence-electron chi connectivity index (χ0n) is 22.9. The Bertz CT molecular complexity index is 1060. The molecule has 0 N–H and O–H groups in total. The number of carbonyl (C=O) groups is 1. The van der Waals surface area contributed by atoms with Crippen molar-refractivity contribution in [2.24, 2.45) is 11.8 Å². The summed E-state index contributed by atoms with van der Waals surface area (Å²) < 4.78 is 57.6. The van der Waals surface area contributed by atoms with E-state index in [2.05, 4.69) is 13.5 Å². The van der Waals surface area contributed by atoms with E-state index < -0.39 is 33.8 Å². The van der Waals surface area contributed by atoms with Gasteiger partial charge in [0, 0.05) is 32.3 Å². The molecule has 0 saturated carbocycles. The molecular weight excluding hydrogens is 508 g/mol. The summed E-state index contributed by atoms with van der Waals surface area (Å²) >= 11 is 0. The number of sulfone groups is 1. The van der Waals surface area contributed by atoms with Crippen molar-refractivity contribution in [2.45, 2.75) is 100 Å². The maximum Gasteiger partial charge on any atom is 0.178 e. The van der Waals surface area contributed by atoms with Gasteiger partial charge in [-0.15, -0.1) is 0 Å². The molecule has 3 aliphatic heterocycles. The van der Waals surface area contributed by atoms with E-state index in [1.165, 1.54) is 0 Å². The van der Waals surface area contributed by atoms with Gasteiger partial charge in [0.1, 0.15) is 6.29 Å². The molecule has 3 unspecified atom stereocenters. The number of carbonyl (C=O) groups excluding carboxylic acids is 1. The zero-order chi connectivity index (χ0) is 27.5. The highest BCUT2D eigenvalue weighted by molar-refractivity contribution is 7.91. The third kappa shape index (κ3) is 6.92. The standard InChI is InChI=1S/C29H42O8S/c1-19-14-21(10-9-13-30)35-25(20(19)2)16-26-24(18-38(31,32)23-11-7-6-8-12-23)28(33-5)27(36-26)15-22-17-34-29(3,4)37-22/h6-8,11-13,19,21-22,24-28H,2,9-10,14-18H2,1,3-5H3/t19-,21?,22+,24?,25?,26+,27-,28-/m1/s1. The van der Waals surface area contributed by atoms with Crippen molar-refractivity contribution in [2.75, 3.05) is 19.5 Å². The van der Waals surface area contributed by atoms with Crippen molar-refractivity contribution in [1.29, 1.82) is 0 Å². The Hall–Kier alpha value is -1.62. The smallest absolute Gasteiger partial charge is 0.178 e. The minimum Gasteiger partial charge on any atom is -0.378 e. The van der Waals surface area contributed by atoms with Crippen LogP contribution < -0.4 is 0 Å². The predicted molar refractivity (Wildman–Crippen MR) is 142 cm³/mol. The van der Waals surface area contributed by atoms with Crippen LogP contribution in [0.15, 0.2) is 47.4 Å². The molecule has 0 spiro atoms. The van der Waals surface area contributed by atoms with E-state index in [4.69, 9.17) is 23.7 Å². The number of rotatable bonds is 11. The number of hydrogen-bond acceptors (Lipinski definition) is 8. The minimum atomic E-state index is -3.59. The van der Waals surface area contributed by atoms with Crippen molar-refractivity contribution in [1.82, 2.24) is 0 Å². The molecule has 0 radical (unpaired) electrons. The Morgan fingerprint density at radius 2 is 1.84 bits per heavy atom. The van der Waals surface area contributed by atoms with Gasteiger partial charge in [0.2, 0.25) is 0 Å². The molecule has 0 aliphatic carbocycles. The summed E-state index contributed by atoms with van der Waals surface area (Å²) in [6.07, 6.45) is 2.13. The van der Waals surface area contributed by atoms with Crippen LogP contribution in [-0.2, 0) is 38.3 Å². The van der Waals surface area contributed by atoms with Crippen LogP contribution in [0.4, 0.5) is 0 Å². The Kier molecular flexibility index (Phi) is 9.48. The van der Waals surface area contributed by atoms with Crippen molar-refractivity contribution in [3.8, 4) is 0 Å². The normalized spacial score (nSPS) is 35.4. The lowest BCUT2D eigenvalue weighted by molar-refractivity contribution is -0.144. The molecule has 4 rings (SSSR count). The van der Waals surface area contributed by atoms with Crippen LogP contribution in [0.5, 0.6) is 0 Å². The molecule has 0 amide bonds. The average Bonchev–Trinajstić information content (AvgIpc) is 3.38. The number of aldehydes is 1. The first-order valence-electron chi connectivity index (χ1n) is 13.6. The highest BCUT2D eigenvalue weighted by Gasteiger charge is 2.50. The first-order valence-corrected chi connectivity index (χ1v) is 15.2. The van der Waals surface area contributed by atoms with Gasteiger partial charge in [-0.25, -0.2) is 8.42 Å². The topological polar surface area (TPSA) is 97.4 Å². The van der Waals surface area contributed by atoms with Crippen molar-refractivity contribution < 1.29 is 36.9 Å². The summed E-state index contributed by atoms with van der Waals surface area (Å²) in [6.45, 7) is 10.6. The van der Waals surface area contributed by atoms with Crippen molar-refractivity contribution >= 4 is 16.1 Å². The molecule has 212 valence electrons. The van der Waals surface area contributed by atoms with E-state index in [0.717, 1.165) is 18.3 Å². The van der Waals surface area contributed by atoms with Crippen LogP contribution in [0.3, 0.4) is 0 Å². The Labute approximate surface area is 226 Å². The molecular formula is C29H42O8S. The van der Waals surface area contributed by atoms with E-state index in [1.807, 2.05) is 13.8 Å². The summed E-state index contributed by atoms with van der Waals surface area (Å²) in [5.41, 5.74) is 0.979. The molecule has 3 heterocycles. The molecule has 3 saturated heterocycles. The second kappa shape index (κ2) is 12.3. The van der Waals surface area contributed by atoms with E-state index in [9.17, 15) is 13.2 Å². The summed E-state index contributed by atoms with van der Waals surface area (Å²) in [5.74, 6) is -0.944. The first kappa shape index (κ1) is 29.4. The van der Waals surface area contributed by atoms with Gasteiger partial charge in [0.25, 0.3) is 0 Å². The molecule has 1 aromatic rings. The average molecular weight is 551 g/mol. The quantitative estimate of drug-likeness (QED) is 0.300. The highest BCUT2D eigenvalue weighted by Crippen LogP contribution is 2.41. The number of ether oxygens (including phenoxy) is 5. The van der Waals surface area contributed by atoms with Gasteiger partial charge in [0.15, 0.2) is 15.6 Å². The third-order valence-electron chi connectivity index (χ3n) is 8.04. The number of benzene rings is 1. The predicted octanol–water partition coefficient (Wildman–Crippen LogP) is 4.12. The fourth-order valence-electron chi connectivity index (χ4n) is 6.05. The summed E-state index contributed by atoms with van der Waals surface area (Å²) in [7, 11) is -1.99. The van der Waals surface area contributed by atoms with Gasteiger partial charge >= 0.3 is 0 Å². The first-order chi connectivity index (χ1) is 18.0. The number of methoxy groups -OCH3 is 1. The van der Waals surface area contributed by atoms with E-state index in [1.54, 1.807) is 37.4 Å². The van der Waals surface area contributed by atoms with Crippen LogP contribution >= 0.6 is 0 Å². The van der Waals surface area contributed by atoms with Crippen molar-refractivity contribution in [3.63, 3.8) is 0 Å². The number of hydrogen-bond donors (Lipinski definition) is 0. The van der Waals surface area contributed by atoms with Gasteiger partial charge in [-0.2, -0.15) is 0 Å². The van der Waals surface area contributed by atoms with Gasteiger partial charge < -0.3 is 28.5 Å². The highest BCUT2D eigenvalue weighted by atomic mass is 32.2. The van der Waals surface area contributed by atoms with Crippen LogP contribution in [0.2, 0.25) is 0 Å². The van der Waals surface area contributed by atoms with E-state index >= 15 is 0 Å². The van der Waals surface area contributed by atoms with Crippen LogP contribution in [0, 0.1) is 11.8 Å². The SMILES string of the molecule is C=C1C(C[C@@H]2O[C@H](C[C@H]3COC(C)(C)O3)[C@H](OC)C2CS(=O)(=O)c2ccccc2)OC(CCC=O)C[C@H]1C. The Morgan fingerprint density at radius 3 is 2.47 bits per heavy atom. The molecule has 3 aliphatic rings. The van der Waals surface area contributed by atoms with Gasteiger partial charge in [0.05, 0.1) is 53.9 Å². The molecule has 1 aromatic carbocycles. The zero-order valence-corrected chi connectivity index (χ0v) is 23.7. The molecule has 8 nitrogen and oxygen atoms in total. The minimum absolute atomic E-state index is 0.0427. The van der Waals surface area contributed by atoms with E-state index in [0.29, 0.717) is 32.3 Å². The summed E-state index contributed by atoms with van der Waals surface area (Å²) in [5, 5.41) is 0. The van der Waals surface area contributed by atoms with Crippen LogP contribution in [0.25, 0.3) is 0 Å². The fraction of sp³-hybridized carbons (Fsp3) is 0.690. The van der Waals surface area contributed by atoms with Gasteiger partial charge in [-0.05, 0) is 50.3 Å². The molecule has 0 aromatic heterocycles. The lowest BCUT2D eigenvalue weighted by Gasteiger charge is -2.37. The Balaban J connectivity index is 1.56. The lowest BCUT2D eigenvalue weighted by Crippen LogP contribution is -2.40. The summed E-state index contributed by atoms with van der Waals surface area (Å²) in [4.78, 5) is 11.2. The second-order valence-corrected chi connectivity index (χ2v) is 13.3. The molecule has 3 fully saturated rings. The largest absolute Gasteiger partial charge is 0.378 e. The molecule has 9 heteroatoms. The maximum absolute atomic E-state index is 13.5. The monoisotopic (exact) mass is 550 g/mol. The molecule has 38 heavy (non-hydrogen) atoms. The Morgan fingerprint density at radius 1 is 1.11 bits per heavy atom. The second-order valence-electron chi connectivity index (χ2n) is 11.3. The fourth-order valence-corrected chi connectivity index (χ4v) is 7.73. The maximum atomic E-state index is 13.5. The van der Waals surface area contributed by atoms with E-state index in [-0.39, 0.29) is 41.0 Å².